The zero-order valence-electron chi connectivity index (χ0n) is 63.9. The molecule has 18 heteroatoms. The Morgan fingerprint density at radius 1 is 0.477 bits per heavy atom. The SMILES string of the molecule is CC.CC.CC.CC.CC.CC.CC.CC.CC(C)C1=NCCCN1.CC(C)C1=NOCCO1.CC(C)C1=NOCCS1.CC(C)C1CCN=CN1.CC(C)C1CCN=CN1.CC(C)C1CCSC=N1.CC(C)C1CN=CNC1.CC(C)C1CN=CSC1. The lowest BCUT2D eigenvalue weighted by atomic mass is 9.95. The zero-order chi connectivity index (χ0) is 69.5. The van der Waals surface area contributed by atoms with Gasteiger partial charge in [-0.25, -0.2) is 0 Å². The van der Waals surface area contributed by atoms with Crippen molar-refractivity contribution in [3.05, 3.63) is 0 Å². The van der Waals surface area contributed by atoms with Crippen LogP contribution in [0.3, 0.4) is 0 Å². The summed E-state index contributed by atoms with van der Waals surface area (Å²) in [4.78, 5) is 34.9. The van der Waals surface area contributed by atoms with Gasteiger partial charge in [0, 0.05) is 92.9 Å². The Kier molecular flexibility index (Phi) is 92.1. The van der Waals surface area contributed by atoms with Crippen LogP contribution in [0.1, 0.15) is 247 Å². The predicted molar refractivity (Wildman–Crippen MR) is 413 cm³/mol. The van der Waals surface area contributed by atoms with Gasteiger partial charge in [-0.05, 0) is 67.1 Å². The van der Waals surface area contributed by atoms with Gasteiger partial charge in [0.25, 0.3) is 0 Å². The Hall–Kier alpha value is -2.99. The van der Waals surface area contributed by atoms with Crippen molar-refractivity contribution in [2.75, 3.05) is 82.9 Å². The minimum absolute atomic E-state index is 0.338. The largest absolute Gasteiger partial charge is 0.475 e. The van der Waals surface area contributed by atoms with E-state index >= 15 is 0 Å². The fraction of sp³-hybridized carbons (Fsp3) is 0.886. The first-order chi connectivity index (χ1) is 42.4. The smallest absolute Gasteiger partial charge is 0.228 e. The summed E-state index contributed by atoms with van der Waals surface area (Å²) in [6, 6.07) is 1.91. The van der Waals surface area contributed by atoms with Crippen LogP contribution in [0.2, 0.25) is 0 Å². The summed E-state index contributed by atoms with van der Waals surface area (Å²) in [6.45, 7) is 76.3. The van der Waals surface area contributed by atoms with Gasteiger partial charge < -0.3 is 35.7 Å². The molecule has 0 aromatic heterocycles. The second-order valence-electron chi connectivity index (χ2n) is 21.4. The number of nitrogens with one attached hydrogen (secondary N) is 4. The number of aliphatic imine (C=N–C) groups is 6. The molecule has 15 nitrogen and oxygen atoms in total. The van der Waals surface area contributed by atoms with Gasteiger partial charge in [-0.2, -0.15) is 0 Å². The topological polar surface area (TPSA) is 175 Å². The van der Waals surface area contributed by atoms with E-state index in [0.717, 1.165) is 105 Å². The molecule has 0 radical (unpaired) electrons. The number of oxime groups is 2. The van der Waals surface area contributed by atoms with E-state index < -0.39 is 0 Å². The molecule has 5 unspecified atom stereocenters. The molecule has 4 N–H and O–H groups in total. The van der Waals surface area contributed by atoms with Gasteiger partial charge in [-0.15, -0.1) is 35.3 Å². The molecule has 0 aliphatic carbocycles. The molecule has 528 valence electrons. The highest BCUT2D eigenvalue weighted by molar-refractivity contribution is 8.14. The standard InChI is InChI=1S/4C7H14N2.2C7H13NS.C6H11NO2.C6H11NOS.8C2H6/c1-6(2)7-3-8-5-9-4-7;2*1-6(2)7-3-4-8-5-9-7;1-6(2)7-8-4-3-5-9-7;1-6(2)7-3-8-5-9-4-7;1-6(2)7-3-4-9-5-8-7;1-5(2)6-7-9-4-3-8-6;1-5(2)6-7-8-3-4-9-6;8*1-2/h3*5-7H,3-4H2,1-2H3,(H,8,9);6H,3-5H2,1-2H3,(H,8,9);2*5-7H,3-4H2,1-2H3;2*5H,3-4H2,1-2H3;8*1-2H3. The van der Waals surface area contributed by atoms with Crippen LogP contribution in [-0.2, 0) is 14.4 Å². The second kappa shape index (κ2) is 80.1. The maximum absolute atomic E-state index is 5.16. The summed E-state index contributed by atoms with van der Waals surface area (Å²) in [5.41, 5.74) is 3.97. The predicted octanol–water partition coefficient (Wildman–Crippen LogP) is 19.1. The van der Waals surface area contributed by atoms with E-state index in [4.69, 9.17) is 14.4 Å². The van der Waals surface area contributed by atoms with Crippen molar-refractivity contribution >= 4 is 82.2 Å². The van der Waals surface area contributed by atoms with E-state index in [1.807, 2.05) is 172 Å². The van der Waals surface area contributed by atoms with Crippen molar-refractivity contribution in [2.24, 2.45) is 99.4 Å². The average Bonchev–Trinajstić information content (AvgIpc) is 3.61. The van der Waals surface area contributed by atoms with Crippen molar-refractivity contribution in [1.82, 2.24) is 21.3 Å². The first-order valence-corrected chi connectivity index (χ1v) is 38.4. The molecule has 8 aliphatic rings. The number of hydrogen-bond acceptors (Lipinski definition) is 18. The van der Waals surface area contributed by atoms with Crippen molar-refractivity contribution in [1.29, 1.82) is 0 Å². The molecule has 5 atom stereocenters. The highest BCUT2D eigenvalue weighted by Gasteiger charge is 2.17. The van der Waals surface area contributed by atoms with Gasteiger partial charge in [0.15, 0.2) is 6.61 Å². The molecule has 0 saturated carbocycles. The summed E-state index contributed by atoms with van der Waals surface area (Å²) in [5.74, 6) is 12.2. The third-order valence-corrected chi connectivity index (χ3v) is 15.2. The van der Waals surface area contributed by atoms with Crippen LogP contribution in [-0.4, -0.2) is 148 Å². The molecule has 0 aromatic carbocycles. The van der Waals surface area contributed by atoms with Gasteiger partial charge in [0.2, 0.25) is 5.90 Å². The van der Waals surface area contributed by atoms with Gasteiger partial charge in [0.1, 0.15) is 18.3 Å². The van der Waals surface area contributed by atoms with E-state index in [-0.39, 0.29) is 0 Å². The average molecular weight is 1310 g/mol. The molecule has 8 heterocycles. The van der Waals surface area contributed by atoms with Crippen molar-refractivity contribution in [3.63, 3.8) is 0 Å². The third-order valence-electron chi connectivity index (χ3n) is 12.3. The lowest BCUT2D eigenvalue weighted by Gasteiger charge is -2.22. The van der Waals surface area contributed by atoms with E-state index in [2.05, 4.69) is 158 Å². The maximum atomic E-state index is 5.16. The van der Waals surface area contributed by atoms with Gasteiger partial charge in [-0.1, -0.05) is 232 Å². The van der Waals surface area contributed by atoms with Gasteiger partial charge in [-0.3, -0.25) is 30.0 Å². The molecule has 0 spiro atoms. The first-order valence-electron chi connectivity index (χ1n) is 35.3. The molecular formula is C70H152N12O3S3. The number of nitrogens with zero attached hydrogens (tertiary/aromatic N) is 8. The third kappa shape index (κ3) is 64.5. The number of amidine groups is 1. The van der Waals surface area contributed by atoms with Crippen molar-refractivity contribution in [3.8, 4) is 0 Å². The fourth-order valence-corrected chi connectivity index (χ4v) is 9.50. The number of thioether (sulfide) groups is 3. The Labute approximate surface area is 562 Å². The minimum atomic E-state index is 0.338. The van der Waals surface area contributed by atoms with Crippen LogP contribution in [0, 0.1) is 59.2 Å². The molecule has 8 aliphatic heterocycles. The van der Waals surface area contributed by atoms with Crippen LogP contribution >= 0.6 is 35.3 Å². The highest BCUT2D eigenvalue weighted by atomic mass is 32.2. The molecule has 0 saturated heterocycles. The van der Waals surface area contributed by atoms with Gasteiger partial charge in [0.05, 0.1) is 42.0 Å². The highest BCUT2D eigenvalue weighted by Crippen LogP contribution is 2.20. The Morgan fingerprint density at radius 2 is 1.00 bits per heavy atom. The molecule has 0 aromatic rings. The Morgan fingerprint density at radius 3 is 1.24 bits per heavy atom. The Balaban J connectivity index is -0.000000134. The molecule has 0 bridgehead atoms. The maximum Gasteiger partial charge on any atom is 0.228 e. The van der Waals surface area contributed by atoms with Crippen molar-refractivity contribution in [2.45, 2.75) is 265 Å². The van der Waals surface area contributed by atoms with E-state index in [0.29, 0.717) is 55.0 Å². The molecule has 8 rings (SSSR count). The normalized spacial score (nSPS) is 20.0. The minimum Gasteiger partial charge on any atom is -0.475 e. The molecule has 88 heavy (non-hydrogen) atoms. The van der Waals surface area contributed by atoms with E-state index in [1.54, 1.807) is 18.1 Å². The number of hydrogen-bond donors (Lipinski definition) is 4. The molecule has 0 amide bonds. The quantitative estimate of drug-likeness (QED) is 0.183. The van der Waals surface area contributed by atoms with E-state index in [1.165, 1.54) is 43.0 Å². The fourth-order valence-electron chi connectivity index (χ4n) is 6.96. The summed E-state index contributed by atoms with van der Waals surface area (Å²) in [6.07, 6.45) is 10.3. The molecular weight excluding hydrogens is 1150 g/mol. The number of rotatable bonds is 8. The summed E-state index contributed by atoms with van der Waals surface area (Å²) >= 11 is 5.46. The lowest BCUT2D eigenvalue weighted by molar-refractivity contribution is 0.0585. The van der Waals surface area contributed by atoms with Crippen LogP contribution in [0.15, 0.2) is 40.3 Å². The summed E-state index contributed by atoms with van der Waals surface area (Å²) < 4.78 is 5.16. The summed E-state index contributed by atoms with van der Waals surface area (Å²) in [5, 5.41) is 21.6. The second-order valence-corrected chi connectivity index (χ2v) is 24.3. The van der Waals surface area contributed by atoms with Crippen LogP contribution < -0.4 is 21.3 Å². The lowest BCUT2D eigenvalue weighted by Crippen LogP contribution is -2.36. The Bertz CT molecular complexity index is 1420. The molecule has 0 fully saturated rings. The van der Waals surface area contributed by atoms with Crippen LogP contribution in [0.5, 0.6) is 0 Å². The summed E-state index contributed by atoms with van der Waals surface area (Å²) in [7, 11) is 0. The van der Waals surface area contributed by atoms with Crippen LogP contribution in [0.4, 0.5) is 0 Å². The first kappa shape index (κ1) is 101. The van der Waals surface area contributed by atoms with Crippen molar-refractivity contribution < 1.29 is 14.4 Å². The van der Waals surface area contributed by atoms with Crippen LogP contribution in [0.25, 0.3) is 0 Å². The van der Waals surface area contributed by atoms with E-state index in [9.17, 15) is 0 Å². The monoisotopic (exact) mass is 1310 g/mol. The number of ether oxygens (including phenoxy) is 1. The zero-order valence-corrected chi connectivity index (χ0v) is 66.4. The van der Waals surface area contributed by atoms with Gasteiger partial charge >= 0.3 is 0 Å².